The van der Waals surface area contributed by atoms with Crippen LogP contribution in [0.1, 0.15) is 59.3 Å². The molecule has 1 heterocycles. The van der Waals surface area contributed by atoms with E-state index in [1.165, 1.54) is 25.7 Å². The third-order valence-corrected chi connectivity index (χ3v) is 4.64. The zero-order chi connectivity index (χ0) is 14.8. The average Bonchev–Trinajstić information content (AvgIpc) is 2.42. The second-order valence-electron chi connectivity index (χ2n) is 7.27. The van der Waals surface area contributed by atoms with Crippen molar-refractivity contribution in [2.24, 2.45) is 11.3 Å². The molecule has 114 valence electrons. The van der Waals surface area contributed by atoms with Gasteiger partial charge in [-0.05, 0) is 31.6 Å². The van der Waals surface area contributed by atoms with Crippen LogP contribution in [-0.4, -0.2) is 35.8 Å². The third kappa shape index (κ3) is 3.53. The second kappa shape index (κ2) is 6.15. The van der Waals surface area contributed by atoms with E-state index in [1.807, 2.05) is 25.7 Å². The van der Waals surface area contributed by atoms with E-state index in [4.69, 9.17) is 0 Å². The summed E-state index contributed by atoms with van der Waals surface area (Å²) in [5, 5.41) is 2.79. The minimum atomic E-state index is -0.435. The fraction of sp³-hybridized carbons (Fsp3) is 0.875. The van der Waals surface area contributed by atoms with Crippen LogP contribution in [0.4, 0.5) is 0 Å². The van der Waals surface area contributed by atoms with Gasteiger partial charge in [-0.3, -0.25) is 9.59 Å². The van der Waals surface area contributed by atoms with Gasteiger partial charge in [-0.2, -0.15) is 0 Å². The Balaban J connectivity index is 1.89. The zero-order valence-corrected chi connectivity index (χ0v) is 13.1. The smallest absolute Gasteiger partial charge is 0.242 e. The number of fused-ring (bicyclic) bond motifs is 1. The van der Waals surface area contributed by atoms with Gasteiger partial charge in [0, 0.05) is 18.0 Å². The van der Waals surface area contributed by atoms with Gasteiger partial charge in [-0.1, -0.05) is 33.6 Å². The molecular weight excluding hydrogens is 252 g/mol. The van der Waals surface area contributed by atoms with Crippen molar-refractivity contribution in [3.8, 4) is 0 Å². The van der Waals surface area contributed by atoms with E-state index in [0.717, 1.165) is 19.4 Å². The molecule has 0 radical (unpaired) electrons. The predicted molar refractivity (Wildman–Crippen MR) is 79.2 cm³/mol. The number of rotatable bonds is 2. The number of amides is 2. The molecule has 0 aromatic rings. The lowest BCUT2D eigenvalue weighted by atomic mass is 9.78. The summed E-state index contributed by atoms with van der Waals surface area (Å²) in [6.07, 6.45) is 7.33. The van der Waals surface area contributed by atoms with E-state index in [0.29, 0.717) is 12.0 Å². The summed E-state index contributed by atoms with van der Waals surface area (Å²) in [5.41, 5.74) is -0.435. The zero-order valence-electron chi connectivity index (χ0n) is 13.1. The van der Waals surface area contributed by atoms with E-state index in [1.54, 1.807) is 0 Å². The van der Waals surface area contributed by atoms with Gasteiger partial charge >= 0.3 is 0 Å². The standard InChI is InChI=1S/C16H28N2O2/c1-16(2,3)15(20)17-11-14(19)18-10-6-8-12-7-4-5-9-13(12)18/h12-13H,4-11H2,1-3H3,(H,17,20). The van der Waals surface area contributed by atoms with Crippen LogP contribution < -0.4 is 5.32 Å². The highest BCUT2D eigenvalue weighted by Gasteiger charge is 2.35. The molecule has 1 saturated carbocycles. The molecule has 4 heteroatoms. The topological polar surface area (TPSA) is 49.4 Å². The number of piperidine rings is 1. The number of nitrogens with one attached hydrogen (secondary N) is 1. The van der Waals surface area contributed by atoms with Crippen molar-refractivity contribution in [3.05, 3.63) is 0 Å². The third-order valence-electron chi connectivity index (χ3n) is 4.64. The molecule has 20 heavy (non-hydrogen) atoms. The molecule has 2 unspecified atom stereocenters. The minimum absolute atomic E-state index is 0.0527. The Morgan fingerprint density at radius 2 is 1.75 bits per heavy atom. The van der Waals surface area contributed by atoms with E-state index < -0.39 is 5.41 Å². The van der Waals surface area contributed by atoms with Gasteiger partial charge in [0.05, 0.1) is 6.54 Å². The average molecular weight is 280 g/mol. The summed E-state index contributed by atoms with van der Waals surface area (Å²) in [5.74, 6) is 0.738. The van der Waals surface area contributed by atoms with Crippen LogP contribution in [-0.2, 0) is 9.59 Å². The Bertz CT molecular complexity index is 371. The Kier molecular flexibility index (Phi) is 4.71. The van der Waals surface area contributed by atoms with Crippen LogP contribution in [0.3, 0.4) is 0 Å². The maximum atomic E-state index is 12.4. The van der Waals surface area contributed by atoms with Crippen molar-refractivity contribution < 1.29 is 9.59 Å². The largest absolute Gasteiger partial charge is 0.347 e. The predicted octanol–water partition coefficient (Wildman–Crippen LogP) is 2.33. The summed E-state index contributed by atoms with van der Waals surface area (Å²) in [4.78, 5) is 26.3. The number of likely N-dealkylation sites (tertiary alicyclic amines) is 1. The fourth-order valence-electron chi connectivity index (χ4n) is 3.46. The van der Waals surface area contributed by atoms with Gasteiger partial charge in [0.2, 0.25) is 11.8 Å². The van der Waals surface area contributed by atoms with Crippen LogP contribution >= 0.6 is 0 Å². The molecule has 1 saturated heterocycles. The van der Waals surface area contributed by atoms with Crippen molar-refractivity contribution in [1.29, 1.82) is 0 Å². The van der Waals surface area contributed by atoms with Crippen molar-refractivity contribution in [2.45, 2.75) is 65.3 Å². The number of carbonyl (C=O) groups is 2. The number of carbonyl (C=O) groups excluding carboxylic acids is 2. The van der Waals surface area contributed by atoms with Crippen LogP contribution in [0.15, 0.2) is 0 Å². The molecule has 2 fully saturated rings. The lowest BCUT2D eigenvalue weighted by molar-refractivity contribution is -0.139. The molecule has 1 N–H and O–H groups in total. The van der Waals surface area contributed by atoms with Crippen LogP contribution in [0, 0.1) is 11.3 Å². The number of hydrogen-bond donors (Lipinski definition) is 1. The maximum absolute atomic E-state index is 12.4. The highest BCUT2D eigenvalue weighted by atomic mass is 16.2. The van der Waals surface area contributed by atoms with Gasteiger partial charge in [0.1, 0.15) is 0 Å². The van der Waals surface area contributed by atoms with Gasteiger partial charge in [-0.25, -0.2) is 0 Å². The molecule has 1 aliphatic carbocycles. The van der Waals surface area contributed by atoms with Gasteiger partial charge in [0.15, 0.2) is 0 Å². The molecule has 1 aliphatic heterocycles. The lowest BCUT2D eigenvalue weighted by Crippen LogP contribution is -2.53. The van der Waals surface area contributed by atoms with E-state index in [-0.39, 0.29) is 18.4 Å². The SMILES string of the molecule is CC(C)(C)C(=O)NCC(=O)N1CCCC2CCCCC21. The Hall–Kier alpha value is -1.06. The summed E-state index contributed by atoms with van der Waals surface area (Å²) in [6.45, 7) is 6.62. The van der Waals surface area contributed by atoms with E-state index in [9.17, 15) is 9.59 Å². The molecule has 2 aliphatic rings. The summed E-state index contributed by atoms with van der Waals surface area (Å²) in [6, 6.07) is 0.427. The minimum Gasteiger partial charge on any atom is -0.347 e. The normalized spacial score (nSPS) is 26.9. The Labute approximate surface area is 122 Å². The van der Waals surface area contributed by atoms with Crippen molar-refractivity contribution in [3.63, 3.8) is 0 Å². The van der Waals surface area contributed by atoms with Gasteiger partial charge < -0.3 is 10.2 Å². The molecule has 0 aromatic heterocycles. The van der Waals surface area contributed by atoms with Crippen molar-refractivity contribution >= 4 is 11.8 Å². The van der Waals surface area contributed by atoms with E-state index in [2.05, 4.69) is 5.32 Å². The molecule has 0 bridgehead atoms. The first-order valence-electron chi connectivity index (χ1n) is 7.97. The second-order valence-corrected chi connectivity index (χ2v) is 7.27. The molecule has 4 nitrogen and oxygen atoms in total. The first-order chi connectivity index (χ1) is 9.39. The lowest BCUT2D eigenvalue weighted by Gasteiger charge is -2.44. The monoisotopic (exact) mass is 280 g/mol. The summed E-state index contributed by atoms with van der Waals surface area (Å²) < 4.78 is 0. The molecule has 2 atom stereocenters. The van der Waals surface area contributed by atoms with Crippen molar-refractivity contribution in [2.75, 3.05) is 13.1 Å². The molecule has 2 rings (SSSR count). The van der Waals surface area contributed by atoms with Gasteiger partial charge in [0.25, 0.3) is 0 Å². The molecular formula is C16H28N2O2. The highest BCUT2D eigenvalue weighted by molar-refractivity contribution is 5.87. The maximum Gasteiger partial charge on any atom is 0.242 e. The van der Waals surface area contributed by atoms with E-state index >= 15 is 0 Å². The summed E-state index contributed by atoms with van der Waals surface area (Å²) in [7, 11) is 0. The fourth-order valence-corrected chi connectivity index (χ4v) is 3.46. The highest BCUT2D eigenvalue weighted by Crippen LogP contribution is 2.35. The van der Waals surface area contributed by atoms with Crippen molar-refractivity contribution in [1.82, 2.24) is 10.2 Å². The van der Waals surface area contributed by atoms with Crippen LogP contribution in [0.25, 0.3) is 0 Å². The number of nitrogens with zero attached hydrogens (tertiary/aromatic N) is 1. The van der Waals surface area contributed by atoms with Gasteiger partial charge in [-0.15, -0.1) is 0 Å². The molecule has 2 amide bonds. The Morgan fingerprint density at radius 3 is 2.45 bits per heavy atom. The first-order valence-corrected chi connectivity index (χ1v) is 7.97. The van der Waals surface area contributed by atoms with Crippen LogP contribution in [0.2, 0.25) is 0 Å². The Morgan fingerprint density at radius 1 is 1.10 bits per heavy atom. The van der Waals surface area contributed by atoms with Crippen LogP contribution in [0.5, 0.6) is 0 Å². The summed E-state index contributed by atoms with van der Waals surface area (Å²) >= 11 is 0. The molecule has 0 aromatic carbocycles. The first kappa shape index (κ1) is 15.3. The quantitative estimate of drug-likeness (QED) is 0.844. The molecule has 0 spiro atoms. The number of hydrogen-bond acceptors (Lipinski definition) is 2.